The Morgan fingerprint density at radius 3 is 2.71 bits per heavy atom. The highest BCUT2D eigenvalue weighted by molar-refractivity contribution is 5.81. The van der Waals surface area contributed by atoms with Crippen molar-refractivity contribution in [1.29, 1.82) is 0 Å². The molecule has 1 unspecified atom stereocenters. The van der Waals surface area contributed by atoms with Gasteiger partial charge in [0.1, 0.15) is 6.10 Å². The van der Waals surface area contributed by atoms with Gasteiger partial charge in [0.25, 0.3) is 5.91 Å². The van der Waals surface area contributed by atoms with Crippen LogP contribution in [0.2, 0.25) is 0 Å². The zero-order chi connectivity index (χ0) is 10.8. The van der Waals surface area contributed by atoms with Crippen LogP contribution >= 0.6 is 0 Å². The van der Waals surface area contributed by atoms with Gasteiger partial charge in [-0.1, -0.05) is 0 Å². The van der Waals surface area contributed by atoms with E-state index in [1.165, 1.54) is 0 Å². The molecule has 0 radical (unpaired) electrons. The largest absolute Gasteiger partial charge is 0.372 e. The average molecular weight is 200 g/mol. The molecule has 0 aliphatic carbocycles. The molecule has 0 saturated carbocycles. The summed E-state index contributed by atoms with van der Waals surface area (Å²) in [7, 11) is 1.57. The molecule has 1 rings (SSSR count). The van der Waals surface area contributed by atoms with E-state index in [1.807, 2.05) is 4.90 Å². The molecular formula is C10H20N2O2. The first-order valence-electron chi connectivity index (χ1n) is 5.04. The van der Waals surface area contributed by atoms with Crippen LogP contribution in [0.1, 0.15) is 20.8 Å². The van der Waals surface area contributed by atoms with Gasteiger partial charge in [-0.2, -0.15) is 0 Å². The lowest BCUT2D eigenvalue weighted by Gasteiger charge is -2.43. The minimum Gasteiger partial charge on any atom is -0.372 e. The molecule has 4 nitrogen and oxygen atoms in total. The van der Waals surface area contributed by atoms with Gasteiger partial charge in [-0.25, -0.2) is 0 Å². The van der Waals surface area contributed by atoms with Crippen molar-refractivity contribution >= 4 is 5.91 Å². The lowest BCUT2D eigenvalue weighted by atomic mass is 9.99. The summed E-state index contributed by atoms with van der Waals surface area (Å²) in [6, 6.07) is 0. The Kier molecular flexibility index (Phi) is 3.50. The van der Waals surface area contributed by atoms with E-state index in [0.717, 1.165) is 19.6 Å². The van der Waals surface area contributed by atoms with E-state index in [0.29, 0.717) is 0 Å². The maximum absolute atomic E-state index is 11.9. The topological polar surface area (TPSA) is 41.6 Å². The van der Waals surface area contributed by atoms with E-state index in [4.69, 9.17) is 4.74 Å². The lowest BCUT2D eigenvalue weighted by molar-refractivity contribution is -0.147. The van der Waals surface area contributed by atoms with Crippen LogP contribution in [-0.4, -0.2) is 49.2 Å². The van der Waals surface area contributed by atoms with Gasteiger partial charge in [0.05, 0.1) is 0 Å². The molecule has 1 atom stereocenters. The Morgan fingerprint density at radius 1 is 1.57 bits per heavy atom. The van der Waals surface area contributed by atoms with E-state index < -0.39 is 0 Å². The molecule has 1 fully saturated rings. The second kappa shape index (κ2) is 4.28. The zero-order valence-corrected chi connectivity index (χ0v) is 9.46. The first-order chi connectivity index (χ1) is 6.49. The molecule has 14 heavy (non-hydrogen) atoms. The van der Waals surface area contributed by atoms with Gasteiger partial charge in [-0.3, -0.25) is 4.79 Å². The number of piperazine rings is 1. The molecule has 1 aliphatic heterocycles. The van der Waals surface area contributed by atoms with Gasteiger partial charge in [0, 0.05) is 32.3 Å². The predicted octanol–water partition coefficient (Wildman–Crippen LogP) is 0.232. The third kappa shape index (κ3) is 2.25. The van der Waals surface area contributed by atoms with Crippen molar-refractivity contribution in [3.63, 3.8) is 0 Å². The first-order valence-corrected chi connectivity index (χ1v) is 5.04. The highest BCUT2D eigenvalue weighted by atomic mass is 16.5. The fraction of sp³-hybridized carbons (Fsp3) is 0.900. The molecule has 82 valence electrons. The minimum atomic E-state index is -0.340. The summed E-state index contributed by atoms with van der Waals surface area (Å²) >= 11 is 0. The number of amides is 1. The van der Waals surface area contributed by atoms with Gasteiger partial charge < -0.3 is 15.0 Å². The molecule has 0 aromatic rings. The Morgan fingerprint density at radius 2 is 2.21 bits per heavy atom. The molecule has 1 N–H and O–H groups in total. The summed E-state index contributed by atoms with van der Waals surface area (Å²) in [6.07, 6.45) is -0.340. The number of nitrogens with one attached hydrogen (secondary N) is 1. The number of ether oxygens (including phenoxy) is 1. The van der Waals surface area contributed by atoms with Gasteiger partial charge in [0.15, 0.2) is 0 Å². The highest BCUT2D eigenvalue weighted by Crippen LogP contribution is 2.17. The van der Waals surface area contributed by atoms with Crippen molar-refractivity contribution in [3.8, 4) is 0 Å². The zero-order valence-electron chi connectivity index (χ0n) is 9.46. The Hall–Kier alpha value is -0.610. The quantitative estimate of drug-likeness (QED) is 0.694. The maximum atomic E-state index is 11.9. The molecule has 1 heterocycles. The Labute approximate surface area is 85.6 Å². The van der Waals surface area contributed by atoms with Crippen LogP contribution in [0.4, 0.5) is 0 Å². The van der Waals surface area contributed by atoms with E-state index in [1.54, 1.807) is 14.0 Å². The Bertz CT molecular complexity index is 216. The smallest absolute Gasteiger partial charge is 0.251 e. The van der Waals surface area contributed by atoms with Gasteiger partial charge in [0.2, 0.25) is 0 Å². The van der Waals surface area contributed by atoms with Gasteiger partial charge in [-0.15, -0.1) is 0 Å². The second-order valence-electron chi connectivity index (χ2n) is 4.36. The minimum absolute atomic E-state index is 0.0824. The van der Waals surface area contributed by atoms with Crippen molar-refractivity contribution in [2.75, 3.05) is 26.7 Å². The monoisotopic (exact) mass is 200 g/mol. The maximum Gasteiger partial charge on any atom is 0.251 e. The predicted molar refractivity (Wildman–Crippen MR) is 55.1 cm³/mol. The van der Waals surface area contributed by atoms with Crippen LogP contribution < -0.4 is 5.32 Å². The van der Waals surface area contributed by atoms with Gasteiger partial charge >= 0.3 is 0 Å². The number of methoxy groups -OCH3 is 1. The molecule has 4 heteroatoms. The van der Waals surface area contributed by atoms with Crippen molar-refractivity contribution in [1.82, 2.24) is 10.2 Å². The number of carbonyl (C=O) groups is 1. The molecule has 0 aromatic heterocycles. The lowest BCUT2D eigenvalue weighted by Crippen LogP contribution is -2.61. The summed E-state index contributed by atoms with van der Waals surface area (Å²) in [5, 5.41) is 3.28. The standard InChI is InChI=1S/C10H20N2O2/c1-8(14-4)9(13)12-6-5-11-7-10(12,2)3/h8,11H,5-7H2,1-4H3. The van der Waals surface area contributed by atoms with Crippen LogP contribution in [0.3, 0.4) is 0 Å². The summed E-state index contributed by atoms with van der Waals surface area (Å²) in [5.74, 6) is 0.0824. The number of rotatable bonds is 2. The van der Waals surface area contributed by atoms with Crippen LogP contribution in [0.15, 0.2) is 0 Å². The second-order valence-corrected chi connectivity index (χ2v) is 4.36. The average Bonchev–Trinajstić information content (AvgIpc) is 2.15. The molecule has 0 spiro atoms. The third-order valence-corrected chi connectivity index (χ3v) is 2.77. The van der Waals surface area contributed by atoms with Crippen molar-refractivity contribution < 1.29 is 9.53 Å². The van der Waals surface area contributed by atoms with E-state index in [-0.39, 0.29) is 17.6 Å². The van der Waals surface area contributed by atoms with Crippen molar-refractivity contribution in [3.05, 3.63) is 0 Å². The molecule has 1 amide bonds. The SMILES string of the molecule is COC(C)C(=O)N1CCNCC1(C)C. The highest BCUT2D eigenvalue weighted by Gasteiger charge is 2.35. The van der Waals surface area contributed by atoms with Crippen molar-refractivity contribution in [2.45, 2.75) is 32.4 Å². The molecule has 1 saturated heterocycles. The van der Waals surface area contributed by atoms with Gasteiger partial charge in [-0.05, 0) is 20.8 Å². The summed E-state index contributed by atoms with van der Waals surface area (Å²) in [4.78, 5) is 13.8. The van der Waals surface area contributed by atoms with E-state index >= 15 is 0 Å². The molecule has 1 aliphatic rings. The molecular weight excluding hydrogens is 180 g/mol. The van der Waals surface area contributed by atoms with Crippen molar-refractivity contribution in [2.24, 2.45) is 0 Å². The van der Waals surface area contributed by atoms with E-state index in [9.17, 15) is 4.79 Å². The fourth-order valence-electron chi connectivity index (χ4n) is 1.71. The number of nitrogens with zero attached hydrogens (tertiary/aromatic N) is 1. The van der Waals surface area contributed by atoms with Crippen LogP contribution in [0, 0.1) is 0 Å². The Balaban J connectivity index is 2.69. The fourth-order valence-corrected chi connectivity index (χ4v) is 1.71. The van der Waals surface area contributed by atoms with Crippen LogP contribution in [0.5, 0.6) is 0 Å². The normalized spacial score (nSPS) is 23.3. The third-order valence-electron chi connectivity index (χ3n) is 2.77. The summed E-state index contributed by atoms with van der Waals surface area (Å²) < 4.78 is 5.05. The number of carbonyl (C=O) groups excluding carboxylic acids is 1. The molecule has 0 bridgehead atoms. The van der Waals surface area contributed by atoms with Crippen LogP contribution in [0.25, 0.3) is 0 Å². The first kappa shape index (κ1) is 11.5. The van der Waals surface area contributed by atoms with E-state index in [2.05, 4.69) is 19.2 Å². The summed E-state index contributed by atoms with van der Waals surface area (Å²) in [6.45, 7) is 8.40. The molecule has 0 aromatic carbocycles. The number of hydrogen-bond acceptors (Lipinski definition) is 3. The number of hydrogen-bond donors (Lipinski definition) is 1. The summed E-state index contributed by atoms with van der Waals surface area (Å²) in [5.41, 5.74) is -0.109. The van der Waals surface area contributed by atoms with Crippen LogP contribution in [-0.2, 0) is 9.53 Å².